The Morgan fingerprint density at radius 1 is 1.10 bits per heavy atom. The van der Waals surface area contributed by atoms with Crippen LogP contribution in [0.2, 0.25) is 0 Å². The van der Waals surface area contributed by atoms with E-state index in [0.29, 0.717) is 0 Å². The maximum Gasteiger partial charge on any atom is 0.0223 e. The van der Waals surface area contributed by atoms with Gasteiger partial charge >= 0.3 is 0 Å². The van der Waals surface area contributed by atoms with Crippen molar-refractivity contribution in [3.63, 3.8) is 0 Å². The second-order valence-electron chi connectivity index (χ2n) is 2.46. The average molecular weight is 165 g/mol. The van der Waals surface area contributed by atoms with Crippen LogP contribution in [0.3, 0.4) is 0 Å². The highest BCUT2D eigenvalue weighted by Crippen LogP contribution is 2.14. The Hall–Kier alpha value is 0.290. The first kappa shape index (κ1) is 12.9. The lowest BCUT2D eigenvalue weighted by Crippen LogP contribution is -1.70. The third-order valence-electron chi connectivity index (χ3n) is 1.09. The monoisotopic (exact) mass is 164 g/mol. The lowest BCUT2D eigenvalue weighted by molar-refractivity contribution is 0.776. The van der Waals surface area contributed by atoms with E-state index in [9.17, 15) is 0 Å². The van der Waals surface area contributed by atoms with E-state index in [4.69, 9.17) is 11.6 Å². The lowest BCUT2D eigenvalue weighted by Gasteiger charge is -1.84. The van der Waals surface area contributed by atoms with Gasteiger partial charge in [0.1, 0.15) is 0 Å². The molecule has 1 fully saturated rings. The summed E-state index contributed by atoms with van der Waals surface area (Å²) >= 11 is 5.38. The second-order valence-corrected chi connectivity index (χ2v) is 2.83. The molecule has 10 heavy (non-hydrogen) atoms. The molecule has 0 radical (unpaired) electrons. The van der Waals surface area contributed by atoms with Crippen LogP contribution < -0.4 is 0 Å². The molecule has 1 aliphatic carbocycles. The first-order valence-electron chi connectivity index (χ1n) is 3.97. The van der Waals surface area contributed by atoms with Crippen molar-refractivity contribution in [2.24, 2.45) is 0 Å². The van der Waals surface area contributed by atoms with Gasteiger partial charge in [-0.1, -0.05) is 46.5 Å². The number of hydrogen-bond acceptors (Lipinski definition) is 0. The Kier molecular flexibility index (Phi) is 15.5. The smallest absolute Gasteiger partial charge is 0.0223 e. The van der Waals surface area contributed by atoms with Crippen molar-refractivity contribution in [3.8, 4) is 0 Å². The fourth-order valence-electron chi connectivity index (χ4n) is 0.344. The minimum Gasteiger partial charge on any atom is -0.127 e. The normalized spacial score (nSPS) is 12.6. The van der Waals surface area contributed by atoms with Gasteiger partial charge in [0, 0.05) is 5.88 Å². The zero-order valence-corrected chi connectivity index (χ0v) is 7.08. The zero-order valence-electron chi connectivity index (χ0n) is 6.33. The predicted molar refractivity (Wildman–Crippen MR) is 50.8 cm³/mol. The molecule has 1 heteroatoms. The Labute approximate surface area is 71.0 Å². The highest BCUT2D eigenvalue weighted by atomic mass is 35.5. The van der Waals surface area contributed by atoms with Crippen LogP contribution in [0.25, 0.3) is 0 Å². The van der Waals surface area contributed by atoms with Gasteiger partial charge in [0.25, 0.3) is 0 Å². The van der Waals surface area contributed by atoms with Gasteiger partial charge < -0.3 is 0 Å². The van der Waals surface area contributed by atoms with Crippen molar-refractivity contribution in [2.45, 2.75) is 52.9 Å². The summed E-state index contributed by atoms with van der Waals surface area (Å²) < 4.78 is 0. The number of alkyl halides is 1. The van der Waals surface area contributed by atoms with Crippen LogP contribution in [0, 0.1) is 0 Å². The molecule has 0 atom stereocenters. The summed E-state index contributed by atoms with van der Waals surface area (Å²) in [5.74, 6) is 0.827. The Balaban J connectivity index is 0. The van der Waals surface area contributed by atoms with Crippen LogP contribution in [0.4, 0.5) is 0 Å². The molecule has 1 rings (SSSR count). The van der Waals surface area contributed by atoms with Gasteiger partial charge in [0.05, 0.1) is 0 Å². The summed E-state index contributed by atoms with van der Waals surface area (Å²) in [5, 5.41) is 0. The molecule has 0 nitrogen and oxygen atoms in total. The fourth-order valence-corrected chi connectivity index (χ4v) is 0.533. The number of hydrogen-bond donors (Lipinski definition) is 0. The van der Waals surface area contributed by atoms with Gasteiger partial charge in [0.2, 0.25) is 0 Å². The molecule has 1 saturated carbocycles. The minimum atomic E-state index is 0. The topological polar surface area (TPSA) is 0 Å². The van der Waals surface area contributed by atoms with Gasteiger partial charge in [-0.2, -0.15) is 0 Å². The molecule has 0 heterocycles. The average Bonchev–Trinajstić information content (AvgIpc) is 2.67. The molecule has 0 spiro atoms. The number of rotatable bonds is 3. The van der Waals surface area contributed by atoms with E-state index in [-0.39, 0.29) is 7.43 Å². The van der Waals surface area contributed by atoms with Crippen molar-refractivity contribution in [2.75, 3.05) is 5.88 Å². The first-order valence-corrected chi connectivity index (χ1v) is 4.51. The molecule has 0 saturated heterocycles. The highest BCUT2D eigenvalue weighted by molar-refractivity contribution is 6.17. The molecule has 0 N–H and O–H groups in total. The van der Waals surface area contributed by atoms with Gasteiger partial charge in [-0.25, -0.2) is 0 Å². The van der Waals surface area contributed by atoms with Crippen molar-refractivity contribution in [3.05, 3.63) is 0 Å². The number of unbranched alkanes of at least 4 members (excludes halogenated alkanes) is 2. The van der Waals surface area contributed by atoms with Crippen molar-refractivity contribution in [1.29, 1.82) is 0 Å². The Bertz CT molecular complexity index is 35.2. The maximum atomic E-state index is 5.38. The summed E-state index contributed by atoms with van der Waals surface area (Å²) in [6, 6.07) is 0. The van der Waals surface area contributed by atoms with E-state index in [1.165, 1.54) is 38.5 Å². The van der Waals surface area contributed by atoms with Gasteiger partial charge in [-0.3, -0.25) is 0 Å². The van der Waals surface area contributed by atoms with Gasteiger partial charge in [0.15, 0.2) is 0 Å². The third kappa shape index (κ3) is 23.9. The van der Waals surface area contributed by atoms with Crippen molar-refractivity contribution in [1.82, 2.24) is 0 Å². The molecule has 0 aromatic heterocycles. The molecule has 1 aliphatic rings. The molecule has 0 aliphatic heterocycles. The number of halogens is 1. The largest absolute Gasteiger partial charge is 0.127 e. The van der Waals surface area contributed by atoms with E-state index in [1.54, 1.807) is 0 Å². The van der Waals surface area contributed by atoms with E-state index in [0.717, 1.165) is 5.88 Å². The molecule has 0 unspecified atom stereocenters. The molecule has 0 aromatic rings. The van der Waals surface area contributed by atoms with Crippen LogP contribution in [0.1, 0.15) is 52.9 Å². The highest BCUT2D eigenvalue weighted by Gasteiger charge is 1.95. The Morgan fingerprint density at radius 3 is 1.70 bits per heavy atom. The van der Waals surface area contributed by atoms with E-state index in [2.05, 4.69) is 6.92 Å². The zero-order chi connectivity index (χ0) is 6.95. The van der Waals surface area contributed by atoms with E-state index >= 15 is 0 Å². The Morgan fingerprint density at radius 2 is 1.60 bits per heavy atom. The second kappa shape index (κ2) is 12.0. The third-order valence-corrected chi connectivity index (χ3v) is 1.36. The summed E-state index contributed by atoms with van der Waals surface area (Å²) in [5.41, 5.74) is 0. The minimum absolute atomic E-state index is 0. The SMILES string of the molecule is C.C1CC1.CCCCCCl. The summed E-state index contributed by atoms with van der Waals surface area (Å²) in [6.07, 6.45) is 8.23. The standard InChI is InChI=1S/C5H11Cl.C3H6.CH4/c1-2-3-4-5-6;1-2-3-1;/h2-5H2,1H3;1-3H2;1H4. The predicted octanol–water partition coefficient (Wildman–Crippen LogP) is 4.22. The molecule has 64 valence electrons. The van der Waals surface area contributed by atoms with Crippen molar-refractivity contribution >= 4 is 11.6 Å². The van der Waals surface area contributed by atoms with Crippen LogP contribution in [0.5, 0.6) is 0 Å². The summed E-state index contributed by atoms with van der Waals surface area (Å²) in [6.45, 7) is 2.17. The van der Waals surface area contributed by atoms with Crippen LogP contribution in [-0.4, -0.2) is 5.88 Å². The first-order chi connectivity index (χ1) is 4.41. The lowest BCUT2D eigenvalue weighted by atomic mass is 10.3. The van der Waals surface area contributed by atoms with Gasteiger partial charge in [-0.15, -0.1) is 11.6 Å². The maximum absolute atomic E-state index is 5.38. The molecule has 0 amide bonds. The van der Waals surface area contributed by atoms with E-state index in [1.807, 2.05) is 0 Å². The molecule has 0 aromatic carbocycles. The summed E-state index contributed by atoms with van der Waals surface area (Å²) in [7, 11) is 0. The summed E-state index contributed by atoms with van der Waals surface area (Å²) in [4.78, 5) is 0. The molecular formula is C9H21Cl. The van der Waals surface area contributed by atoms with E-state index < -0.39 is 0 Å². The van der Waals surface area contributed by atoms with Crippen LogP contribution >= 0.6 is 11.6 Å². The quantitative estimate of drug-likeness (QED) is 0.433. The van der Waals surface area contributed by atoms with Crippen LogP contribution in [0.15, 0.2) is 0 Å². The van der Waals surface area contributed by atoms with Gasteiger partial charge in [-0.05, 0) is 6.42 Å². The van der Waals surface area contributed by atoms with Crippen molar-refractivity contribution < 1.29 is 0 Å². The van der Waals surface area contributed by atoms with Crippen LogP contribution in [-0.2, 0) is 0 Å². The molecule has 0 bridgehead atoms. The molecular weight excluding hydrogens is 144 g/mol. The fraction of sp³-hybridized carbons (Fsp3) is 1.00.